The van der Waals surface area contributed by atoms with Crippen LogP contribution >= 0.6 is 0 Å². The van der Waals surface area contributed by atoms with Crippen LogP contribution in [0, 0.1) is 0 Å². The van der Waals surface area contributed by atoms with Crippen molar-refractivity contribution in [2.45, 2.75) is 52.4 Å². The van der Waals surface area contributed by atoms with Crippen LogP contribution in [0.5, 0.6) is 0 Å². The molecule has 0 aromatic carbocycles. The van der Waals surface area contributed by atoms with E-state index in [1.807, 2.05) is 0 Å². The van der Waals surface area contributed by atoms with Gasteiger partial charge in [-0.2, -0.15) is 0 Å². The SMILES string of the molecule is CCCCCC[N+](C)(C)CCOCCCC. The second kappa shape index (κ2) is 10.1. The van der Waals surface area contributed by atoms with Gasteiger partial charge in [0.1, 0.15) is 6.54 Å². The monoisotopic (exact) mass is 230 g/mol. The van der Waals surface area contributed by atoms with Gasteiger partial charge in [-0.3, -0.25) is 0 Å². The van der Waals surface area contributed by atoms with Crippen molar-refractivity contribution in [1.29, 1.82) is 0 Å². The lowest BCUT2D eigenvalue weighted by atomic mass is 10.2. The first-order valence-electron chi connectivity index (χ1n) is 7.02. The fraction of sp³-hybridized carbons (Fsp3) is 1.00. The van der Waals surface area contributed by atoms with Crippen molar-refractivity contribution in [2.75, 3.05) is 40.4 Å². The van der Waals surface area contributed by atoms with Crippen molar-refractivity contribution in [3.8, 4) is 0 Å². The Kier molecular flexibility index (Phi) is 10.0. The molecular formula is C14H32NO+. The fourth-order valence-corrected chi connectivity index (χ4v) is 1.74. The van der Waals surface area contributed by atoms with Gasteiger partial charge in [0.2, 0.25) is 0 Å². The van der Waals surface area contributed by atoms with Gasteiger partial charge in [0, 0.05) is 6.61 Å². The van der Waals surface area contributed by atoms with Gasteiger partial charge in [0.05, 0.1) is 27.2 Å². The van der Waals surface area contributed by atoms with Crippen molar-refractivity contribution in [3.63, 3.8) is 0 Å². The van der Waals surface area contributed by atoms with E-state index in [9.17, 15) is 0 Å². The van der Waals surface area contributed by atoms with Gasteiger partial charge in [0.15, 0.2) is 0 Å². The van der Waals surface area contributed by atoms with Gasteiger partial charge in [-0.1, -0.05) is 33.1 Å². The zero-order valence-electron chi connectivity index (χ0n) is 11.9. The summed E-state index contributed by atoms with van der Waals surface area (Å²) in [5.41, 5.74) is 0. The van der Waals surface area contributed by atoms with Crippen LogP contribution in [0.3, 0.4) is 0 Å². The van der Waals surface area contributed by atoms with Gasteiger partial charge in [0.25, 0.3) is 0 Å². The van der Waals surface area contributed by atoms with Crippen molar-refractivity contribution in [3.05, 3.63) is 0 Å². The second-order valence-corrected chi connectivity index (χ2v) is 5.41. The van der Waals surface area contributed by atoms with Crippen LogP contribution in [0.2, 0.25) is 0 Å². The van der Waals surface area contributed by atoms with E-state index in [1.165, 1.54) is 45.1 Å². The van der Waals surface area contributed by atoms with Gasteiger partial charge >= 0.3 is 0 Å². The third kappa shape index (κ3) is 10.4. The summed E-state index contributed by atoms with van der Waals surface area (Å²) >= 11 is 0. The number of nitrogens with zero attached hydrogens (tertiary/aromatic N) is 1. The van der Waals surface area contributed by atoms with E-state index >= 15 is 0 Å². The molecule has 0 aromatic rings. The zero-order chi connectivity index (χ0) is 12.3. The molecule has 16 heavy (non-hydrogen) atoms. The largest absolute Gasteiger partial charge is 0.376 e. The molecule has 0 aliphatic rings. The highest BCUT2D eigenvalue weighted by atomic mass is 16.5. The minimum absolute atomic E-state index is 0.917. The van der Waals surface area contributed by atoms with Gasteiger partial charge in [-0.15, -0.1) is 0 Å². The molecule has 0 radical (unpaired) electrons. The number of hydrogen-bond donors (Lipinski definition) is 0. The van der Waals surface area contributed by atoms with E-state index in [-0.39, 0.29) is 0 Å². The number of quaternary nitrogens is 1. The minimum Gasteiger partial charge on any atom is -0.376 e. The normalized spacial score (nSPS) is 12.0. The van der Waals surface area contributed by atoms with Gasteiger partial charge < -0.3 is 9.22 Å². The smallest absolute Gasteiger partial charge is 0.102 e. The highest BCUT2D eigenvalue weighted by Gasteiger charge is 2.13. The van der Waals surface area contributed by atoms with Crippen LogP contribution in [-0.2, 0) is 4.74 Å². The number of hydrogen-bond acceptors (Lipinski definition) is 1. The number of unbranched alkanes of at least 4 members (excludes halogenated alkanes) is 4. The summed E-state index contributed by atoms with van der Waals surface area (Å²) < 4.78 is 6.73. The summed E-state index contributed by atoms with van der Waals surface area (Å²) in [7, 11) is 4.63. The molecule has 0 fully saturated rings. The van der Waals surface area contributed by atoms with E-state index < -0.39 is 0 Å². The Morgan fingerprint density at radius 2 is 1.44 bits per heavy atom. The molecule has 0 atom stereocenters. The van der Waals surface area contributed by atoms with Crippen molar-refractivity contribution in [2.24, 2.45) is 0 Å². The lowest BCUT2D eigenvalue weighted by Gasteiger charge is -2.29. The number of rotatable bonds is 11. The zero-order valence-corrected chi connectivity index (χ0v) is 11.9. The van der Waals surface area contributed by atoms with Gasteiger partial charge in [-0.25, -0.2) is 0 Å². The highest BCUT2D eigenvalue weighted by molar-refractivity contribution is 4.41. The van der Waals surface area contributed by atoms with Crippen LogP contribution in [0.25, 0.3) is 0 Å². The second-order valence-electron chi connectivity index (χ2n) is 5.41. The number of ether oxygens (including phenoxy) is 1. The van der Waals surface area contributed by atoms with Crippen LogP contribution in [-0.4, -0.2) is 44.9 Å². The third-order valence-corrected chi connectivity index (χ3v) is 3.10. The predicted molar refractivity (Wildman–Crippen MR) is 71.7 cm³/mol. The quantitative estimate of drug-likeness (QED) is 0.390. The lowest BCUT2D eigenvalue weighted by Crippen LogP contribution is -2.43. The summed E-state index contributed by atoms with van der Waals surface area (Å²) in [6.07, 6.45) is 7.88. The van der Waals surface area contributed by atoms with Gasteiger partial charge in [-0.05, 0) is 19.3 Å². The molecule has 0 aliphatic carbocycles. The highest BCUT2D eigenvalue weighted by Crippen LogP contribution is 2.05. The molecule has 0 rings (SSSR count). The standard InChI is InChI=1S/C14H32NO/c1-5-7-9-10-11-15(3,4)12-14-16-13-8-6-2/h5-14H2,1-4H3/q+1. The van der Waals surface area contributed by atoms with E-state index in [4.69, 9.17) is 4.74 Å². The first-order valence-corrected chi connectivity index (χ1v) is 7.02. The molecule has 0 bridgehead atoms. The van der Waals surface area contributed by atoms with E-state index in [0.29, 0.717) is 0 Å². The maximum absolute atomic E-state index is 5.62. The molecule has 0 heterocycles. The Labute approximate surface area is 103 Å². The molecular weight excluding hydrogens is 198 g/mol. The fourth-order valence-electron chi connectivity index (χ4n) is 1.74. The van der Waals surface area contributed by atoms with E-state index in [0.717, 1.165) is 24.2 Å². The summed E-state index contributed by atoms with van der Waals surface area (Å²) in [4.78, 5) is 0. The van der Waals surface area contributed by atoms with Crippen molar-refractivity contribution in [1.82, 2.24) is 0 Å². The van der Waals surface area contributed by atoms with E-state index in [1.54, 1.807) is 0 Å². The molecule has 2 heteroatoms. The molecule has 98 valence electrons. The molecule has 0 spiro atoms. The predicted octanol–water partition coefficient (Wildman–Crippen LogP) is 3.46. The molecule has 0 unspecified atom stereocenters. The molecule has 0 N–H and O–H groups in total. The third-order valence-electron chi connectivity index (χ3n) is 3.10. The first kappa shape index (κ1) is 15.9. The maximum atomic E-state index is 5.62. The average Bonchev–Trinajstić information content (AvgIpc) is 2.24. The Balaban J connectivity index is 3.38. The maximum Gasteiger partial charge on any atom is 0.102 e. The molecule has 0 aromatic heterocycles. The first-order chi connectivity index (χ1) is 7.62. The summed E-state index contributed by atoms with van der Waals surface area (Å²) in [5.74, 6) is 0. The Morgan fingerprint density at radius 1 is 0.750 bits per heavy atom. The molecule has 2 nitrogen and oxygen atoms in total. The van der Waals surface area contributed by atoms with Crippen LogP contribution in [0.4, 0.5) is 0 Å². The summed E-state index contributed by atoms with van der Waals surface area (Å²) in [5, 5.41) is 0. The Hall–Kier alpha value is -0.0800. The topological polar surface area (TPSA) is 9.23 Å². The average molecular weight is 230 g/mol. The van der Waals surface area contributed by atoms with Crippen LogP contribution in [0.1, 0.15) is 52.4 Å². The number of likely N-dealkylation sites (N-methyl/N-ethyl adjacent to an activating group) is 1. The molecule has 0 aliphatic heterocycles. The molecule has 0 saturated heterocycles. The lowest BCUT2D eigenvalue weighted by molar-refractivity contribution is -0.891. The molecule has 0 saturated carbocycles. The minimum atomic E-state index is 0.917. The van der Waals surface area contributed by atoms with Crippen LogP contribution < -0.4 is 0 Å². The summed E-state index contributed by atoms with van der Waals surface area (Å²) in [6.45, 7) is 8.76. The van der Waals surface area contributed by atoms with Crippen molar-refractivity contribution >= 4 is 0 Å². The summed E-state index contributed by atoms with van der Waals surface area (Å²) in [6, 6.07) is 0. The van der Waals surface area contributed by atoms with E-state index in [2.05, 4.69) is 27.9 Å². The Bertz CT molecular complexity index is 146. The van der Waals surface area contributed by atoms with Crippen LogP contribution in [0.15, 0.2) is 0 Å². The van der Waals surface area contributed by atoms with Crippen molar-refractivity contribution < 1.29 is 9.22 Å². The molecule has 0 amide bonds. The Morgan fingerprint density at radius 3 is 2.06 bits per heavy atom.